The summed E-state index contributed by atoms with van der Waals surface area (Å²) in [4.78, 5) is 28.6. The Balaban J connectivity index is 2.51. The fourth-order valence-electron chi connectivity index (χ4n) is 1.23. The third kappa shape index (κ3) is 3.57. The predicted molar refractivity (Wildman–Crippen MR) is 55.3 cm³/mol. The van der Waals surface area contributed by atoms with Crippen molar-refractivity contribution < 1.29 is 14.7 Å². The molecule has 1 rings (SSSR count). The summed E-state index contributed by atoms with van der Waals surface area (Å²) < 4.78 is 0. The number of carboxylic acid groups (broad SMARTS) is 1. The number of rotatable bonds is 5. The van der Waals surface area contributed by atoms with E-state index in [1.807, 2.05) is 0 Å². The van der Waals surface area contributed by atoms with Crippen molar-refractivity contribution >= 4 is 24.5 Å². The summed E-state index contributed by atoms with van der Waals surface area (Å²) >= 11 is 0. The molecule has 6 heteroatoms. The molecule has 1 radical (unpaired) electrons. The van der Waals surface area contributed by atoms with Crippen LogP contribution in [0.3, 0.4) is 0 Å². The Morgan fingerprint density at radius 3 is 2.53 bits per heavy atom. The van der Waals surface area contributed by atoms with Crippen LogP contribution in [-0.2, 0) is 9.59 Å². The van der Waals surface area contributed by atoms with Gasteiger partial charge in [0.15, 0.2) is 0 Å². The third-order valence-corrected chi connectivity index (χ3v) is 1.93. The monoisotopic (exact) mass is 207 g/mol. The standard InChI is InChI=1S/C9H12BN2O3/c1-5-9(12-6(2)11-5)10-7(13)3-4-8(14)15/h3-4H2,1-2H3,(H,11,12)(H,14,15). The van der Waals surface area contributed by atoms with Gasteiger partial charge in [0.25, 0.3) is 7.28 Å². The van der Waals surface area contributed by atoms with Crippen molar-refractivity contribution in [2.45, 2.75) is 26.7 Å². The average Bonchev–Trinajstić information content (AvgIpc) is 2.42. The van der Waals surface area contributed by atoms with E-state index in [2.05, 4.69) is 9.97 Å². The zero-order valence-corrected chi connectivity index (χ0v) is 8.70. The Kier molecular flexibility index (Phi) is 3.65. The van der Waals surface area contributed by atoms with Gasteiger partial charge in [0.2, 0.25) is 0 Å². The van der Waals surface area contributed by atoms with Crippen LogP contribution in [0.15, 0.2) is 0 Å². The van der Waals surface area contributed by atoms with Crippen LogP contribution in [0, 0.1) is 13.8 Å². The normalized spacial score (nSPS) is 10.0. The summed E-state index contributed by atoms with van der Waals surface area (Å²) in [7, 11) is 1.40. The molecule has 0 bridgehead atoms. The number of hydrogen-bond acceptors (Lipinski definition) is 3. The number of nitrogens with zero attached hydrogens (tertiary/aromatic N) is 1. The molecule has 0 fully saturated rings. The largest absolute Gasteiger partial charge is 0.481 e. The van der Waals surface area contributed by atoms with E-state index >= 15 is 0 Å². The highest BCUT2D eigenvalue weighted by Gasteiger charge is 2.12. The Labute approximate surface area is 88.2 Å². The molecule has 0 amide bonds. The Hall–Kier alpha value is -1.59. The summed E-state index contributed by atoms with van der Waals surface area (Å²) in [6.45, 7) is 3.59. The number of carboxylic acids is 1. The molecule has 0 aliphatic heterocycles. The number of aromatic amines is 1. The smallest absolute Gasteiger partial charge is 0.303 e. The molecule has 2 N–H and O–H groups in total. The quantitative estimate of drug-likeness (QED) is 0.652. The number of carbonyl (C=O) groups is 2. The van der Waals surface area contributed by atoms with E-state index in [0.717, 1.165) is 11.5 Å². The molecular weight excluding hydrogens is 195 g/mol. The van der Waals surface area contributed by atoms with Crippen LogP contribution in [0.5, 0.6) is 0 Å². The van der Waals surface area contributed by atoms with E-state index in [0.29, 0.717) is 5.59 Å². The van der Waals surface area contributed by atoms with E-state index in [9.17, 15) is 9.59 Å². The van der Waals surface area contributed by atoms with Gasteiger partial charge in [-0.2, -0.15) is 0 Å². The molecule has 0 unspecified atom stereocenters. The first-order valence-corrected chi connectivity index (χ1v) is 4.61. The van der Waals surface area contributed by atoms with Crippen molar-refractivity contribution in [3.63, 3.8) is 0 Å². The highest BCUT2D eigenvalue weighted by Crippen LogP contribution is 1.93. The molecule has 1 heterocycles. The number of aryl methyl sites for hydroxylation is 2. The van der Waals surface area contributed by atoms with Gasteiger partial charge in [0, 0.05) is 17.7 Å². The lowest BCUT2D eigenvalue weighted by molar-refractivity contribution is -0.138. The van der Waals surface area contributed by atoms with Gasteiger partial charge in [-0.25, -0.2) is 4.98 Å². The molecule has 0 aromatic carbocycles. The minimum Gasteiger partial charge on any atom is -0.481 e. The van der Waals surface area contributed by atoms with Gasteiger partial charge in [-0.1, -0.05) is 0 Å². The highest BCUT2D eigenvalue weighted by atomic mass is 16.4. The van der Waals surface area contributed by atoms with E-state index in [1.165, 1.54) is 7.28 Å². The van der Waals surface area contributed by atoms with E-state index in [4.69, 9.17) is 5.11 Å². The lowest BCUT2D eigenvalue weighted by atomic mass is 9.67. The van der Waals surface area contributed by atoms with Crippen molar-refractivity contribution in [3.05, 3.63) is 11.5 Å². The molecule has 15 heavy (non-hydrogen) atoms. The molecule has 0 saturated carbocycles. The summed E-state index contributed by atoms with van der Waals surface area (Å²) in [5, 5.41) is 8.40. The highest BCUT2D eigenvalue weighted by molar-refractivity contribution is 6.83. The number of aliphatic carboxylic acids is 1. The maximum absolute atomic E-state index is 11.3. The molecule has 1 aromatic rings. The maximum Gasteiger partial charge on any atom is 0.303 e. The fraction of sp³-hybridized carbons (Fsp3) is 0.444. The first kappa shape index (κ1) is 11.5. The van der Waals surface area contributed by atoms with Gasteiger partial charge in [-0.15, -0.1) is 0 Å². The molecule has 0 spiro atoms. The zero-order chi connectivity index (χ0) is 11.4. The van der Waals surface area contributed by atoms with Gasteiger partial charge in [-0.05, 0) is 13.8 Å². The minimum absolute atomic E-state index is 0.0207. The third-order valence-electron chi connectivity index (χ3n) is 1.93. The number of hydrogen-bond donors (Lipinski definition) is 2. The Morgan fingerprint density at radius 2 is 2.07 bits per heavy atom. The number of nitrogens with one attached hydrogen (secondary N) is 1. The van der Waals surface area contributed by atoms with Crippen LogP contribution in [0.2, 0.25) is 0 Å². The first-order chi connectivity index (χ1) is 6.99. The van der Waals surface area contributed by atoms with Crippen molar-refractivity contribution in [1.82, 2.24) is 9.97 Å². The maximum atomic E-state index is 11.3. The van der Waals surface area contributed by atoms with Crippen LogP contribution in [0.1, 0.15) is 24.4 Å². The SMILES string of the molecule is Cc1nc(C)c([B]C(=O)CCC(=O)O)[nH]1. The second kappa shape index (κ2) is 4.77. The molecular formula is C9H12BN2O3. The number of aromatic nitrogens is 2. The second-order valence-corrected chi connectivity index (χ2v) is 3.33. The Bertz CT molecular complexity index is 387. The average molecular weight is 207 g/mol. The zero-order valence-electron chi connectivity index (χ0n) is 8.70. The molecule has 0 saturated heterocycles. The molecule has 0 aliphatic rings. The molecule has 1 aromatic heterocycles. The van der Waals surface area contributed by atoms with E-state index in [1.54, 1.807) is 13.8 Å². The first-order valence-electron chi connectivity index (χ1n) is 4.61. The summed E-state index contributed by atoms with van der Waals surface area (Å²) in [5.41, 5.74) is 1.20. The fourth-order valence-corrected chi connectivity index (χ4v) is 1.23. The van der Waals surface area contributed by atoms with Crippen molar-refractivity contribution in [2.75, 3.05) is 0 Å². The van der Waals surface area contributed by atoms with Crippen molar-refractivity contribution in [3.8, 4) is 0 Å². The van der Waals surface area contributed by atoms with E-state index < -0.39 is 5.97 Å². The van der Waals surface area contributed by atoms with Gasteiger partial charge in [0.05, 0.1) is 12.1 Å². The summed E-state index contributed by atoms with van der Waals surface area (Å²) in [5.74, 6) is -0.223. The van der Waals surface area contributed by atoms with Gasteiger partial charge >= 0.3 is 5.97 Å². The van der Waals surface area contributed by atoms with Crippen LogP contribution in [-0.4, -0.2) is 34.0 Å². The van der Waals surface area contributed by atoms with Crippen molar-refractivity contribution in [2.24, 2.45) is 0 Å². The van der Waals surface area contributed by atoms with Crippen LogP contribution >= 0.6 is 0 Å². The van der Waals surface area contributed by atoms with E-state index in [-0.39, 0.29) is 18.5 Å². The van der Waals surface area contributed by atoms with Gasteiger partial charge in [0.1, 0.15) is 5.82 Å². The van der Waals surface area contributed by atoms with Crippen LogP contribution in [0.4, 0.5) is 0 Å². The van der Waals surface area contributed by atoms with Gasteiger partial charge < -0.3 is 14.9 Å². The lowest BCUT2D eigenvalue weighted by Gasteiger charge is -1.96. The second-order valence-electron chi connectivity index (χ2n) is 3.33. The number of H-pyrrole nitrogens is 1. The lowest BCUT2D eigenvalue weighted by Crippen LogP contribution is -2.27. The van der Waals surface area contributed by atoms with Gasteiger partial charge in [-0.3, -0.25) is 4.79 Å². The minimum atomic E-state index is -0.964. The molecule has 79 valence electrons. The van der Waals surface area contributed by atoms with Crippen LogP contribution < -0.4 is 5.59 Å². The topological polar surface area (TPSA) is 83.1 Å². The number of imidazole rings is 1. The summed E-state index contributed by atoms with van der Waals surface area (Å²) in [6.07, 6.45) is -0.117. The number of carbonyl (C=O) groups excluding carboxylic acids is 1. The molecule has 0 aliphatic carbocycles. The Morgan fingerprint density at radius 1 is 1.40 bits per heavy atom. The predicted octanol–water partition coefficient (Wildman–Crippen LogP) is -0.253. The van der Waals surface area contributed by atoms with Crippen LogP contribution in [0.25, 0.3) is 0 Å². The summed E-state index contributed by atoms with van der Waals surface area (Å²) in [6, 6.07) is 0. The molecule has 0 atom stereocenters. The molecule has 5 nitrogen and oxygen atoms in total. The van der Waals surface area contributed by atoms with Crippen molar-refractivity contribution in [1.29, 1.82) is 0 Å².